The Morgan fingerprint density at radius 3 is 2.26 bits per heavy atom. The lowest BCUT2D eigenvalue weighted by atomic mass is 10.2. The second-order valence-electron chi connectivity index (χ2n) is 6.32. The van der Waals surface area contributed by atoms with E-state index in [1.54, 1.807) is 37.4 Å². The third-order valence-corrected chi connectivity index (χ3v) is 6.76. The third-order valence-electron chi connectivity index (χ3n) is 4.25. The van der Waals surface area contributed by atoms with E-state index < -0.39 is 13.2 Å². The van der Waals surface area contributed by atoms with Gasteiger partial charge in [0.25, 0.3) is 7.37 Å². The molecule has 0 aliphatic rings. The van der Waals surface area contributed by atoms with Crippen molar-refractivity contribution in [1.82, 2.24) is 0 Å². The standard InChI is InChI=1S/C20H28NO5P/c1-6-13-26-27(23,17-10-7-15(8-11-17)21(2)3)20(22)18-12-9-16(24-4)14-19(18)25-5/h7-12,14,20,22H,6,13H2,1-5H3/t20-,27-/m1/s1. The van der Waals surface area contributed by atoms with E-state index in [9.17, 15) is 9.67 Å². The Balaban J connectivity index is 2.50. The number of ether oxygens (including phenoxy) is 2. The van der Waals surface area contributed by atoms with Crippen LogP contribution in [0, 0.1) is 0 Å². The number of benzene rings is 2. The van der Waals surface area contributed by atoms with Crippen LogP contribution >= 0.6 is 7.37 Å². The smallest absolute Gasteiger partial charge is 0.264 e. The van der Waals surface area contributed by atoms with Crippen LogP contribution in [0.15, 0.2) is 42.5 Å². The first-order valence-corrected chi connectivity index (χ1v) is 10.5. The molecule has 2 atom stereocenters. The zero-order chi connectivity index (χ0) is 20.0. The van der Waals surface area contributed by atoms with Gasteiger partial charge in [0.05, 0.1) is 20.8 Å². The largest absolute Gasteiger partial charge is 0.497 e. The molecule has 148 valence electrons. The molecular formula is C20H28NO5P. The molecule has 2 rings (SSSR count). The molecule has 27 heavy (non-hydrogen) atoms. The Hall–Kier alpha value is -2.01. The van der Waals surface area contributed by atoms with Crippen LogP contribution in [0.25, 0.3) is 0 Å². The molecule has 0 radical (unpaired) electrons. The number of hydrogen-bond donors (Lipinski definition) is 1. The zero-order valence-electron chi connectivity index (χ0n) is 16.5. The van der Waals surface area contributed by atoms with Crippen LogP contribution in [-0.2, 0) is 9.09 Å². The Labute approximate surface area is 161 Å². The molecule has 0 spiro atoms. The van der Waals surface area contributed by atoms with E-state index in [1.165, 1.54) is 7.11 Å². The predicted molar refractivity (Wildman–Crippen MR) is 109 cm³/mol. The number of rotatable bonds is 9. The number of methoxy groups -OCH3 is 2. The molecule has 0 aliphatic carbocycles. The highest BCUT2D eigenvalue weighted by Gasteiger charge is 2.38. The molecule has 0 saturated heterocycles. The van der Waals surface area contributed by atoms with E-state index in [2.05, 4.69) is 0 Å². The summed E-state index contributed by atoms with van der Waals surface area (Å²) in [5, 5.41) is 11.5. The van der Waals surface area contributed by atoms with Crippen LogP contribution in [0.4, 0.5) is 5.69 Å². The lowest BCUT2D eigenvalue weighted by molar-refractivity contribution is 0.210. The molecular weight excluding hydrogens is 365 g/mol. The van der Waals surface area contributed by atoms with Gasteiger partial charge in [-0.1, -0.05) is 6.92 Å². The lowest BCUT2D eigenvalue weighted by Gasteiger charge is -2.26. The maximum Gasteiger partial charge on any atom is 0.264 e. The van der Waals surface area contributed by atoms with Crippen molar-refractivity contribution >= 4 is 18.4 Å². The van der Waals surface area contributed by atoms with Crippen molar-refractivity contribution in [1.29, 1.82) is 0 Å². The first-order chi connectivity index (χ1) is 12.9. The third kappa shape index (κ3) is 4.64. The van der Waals surface area contributed by atoms with Crippen LogP contribution in [0.2, 0.25) is 0 Å². The van der Waals surface area contributed by atoms with Crippen molar-refractivity contribution in [3.05, 3.63) is 48.0 Å². The van der Waals surface area contributed by atoms with Gasteiger partial charge in [0.1, 0.15) is 11.5 Å². The highest BCUT2D eigenvalue weighted by molar-refractivity contribution is 7.67. The van der Waals surface area contributed by atoms with Gasteiger partial charge in [0.15, 0.2) is 5.85 Å². The second-order valence-corrected chi connectivity index (χ2v) is 8.78. The summed E-state index contributed by atoms with van der Waals surface area (Å²) in [6, 6.07) is 12.2. The molecule has 0 amide bonds. The van der Waals surface area contributed by atoms with Crippen molar-refractivity contribution in [3.8, 4) is 11.5 Å². The molecule has 1 N–H and O–H groups in total. The molecule has 2 aromatic rings. The van der Waals surface area contributed by atoms with Crippen molar-refractivity contribution in [2.24, 2.45) is 0 Å². The van der Waals surface area contributed by atoms with Crippen LogP contribution in [0.5, 0.6) is 11.5 Å². The summed E-state index contributed by atoms with van der Waals surface area (Å²) in [4.78, 5) is 1.95. The molecule has 0 aromatic heterocycles. The minimum Gasteiger partial charge on any atom is -0.497 e. The summed E-state index contributed by atoms with van der Waals surface area (Å²) in [5.74, 6) is -0.371. The fraction of sp³-hybridized carbons (Fsp3) is 0.400. The summed E-state index contributed by atoms with van der Waals surface area (Å²) in [7, 11) is 3.30. The summed E-state index contributed by atoms with van der Waals surface area (Å²) < 4.78 is 30.1. The molecule has 0 bridgehead atoms. The summed E-state index contributed by atoms with van der Waals surface area (Å²) in [5.41, 5.74) is 1.37. The van der Waals surface area contributed by atoms with Gasteiger partial charge in [0, 0.05) is 36.7 Å². The van der Waals surface area contributed by atoms with Crippen molar-refractivity contribution < 1.29 is 23.7 Å². The van der Waals surface area contributed by atoms with E-state index in [4.69, 9.17) is 14.0 Å². The number of nitrogens with zero attached hydrogens (tertiary/aromatic N) is 1. The fourth-order valence-corrected chi connectivity index (χ4v) is 4.86. The van der Waals surface area contributed by atoms with Crippen molar-refractivity contribution in [3.63, 3.8) is 0 Å². The second kappa shape index (κ2) is 9.27. The first-order valence-electron chi connectivity index (χ1n) is 8.79. The molecule has 0 unspecified atom stereocenters. The van der Waals surface area contributed by atoms with Crippen molar-refractivity contribution in [2.75, 3.05) is 39.8 Å². The van der Waals surface area contributed by atoms with E-state index in [0.29, 0.717) is 28.8 Å². The van der Waals surface area contributed by atoms with Gasteiger partial charge < -0.3 is 24.0 Å². The quantitative estimate of drug-likeness (QED) is 0.654. The molecule has 7 heteroatoms. The first kappa shape index (κ1) is 21.3. The number of anilines is 1. The Morgan fingerprint density at radius 2 is 1.74 bits per heavy atom. The molecule has 0 saturated carbocycles. The maximum atomic E-state index is 13.8. The van der Waals surface area contributed by atoms with Gasteiger partial charge in [-0.3, -0.25) is 4.57 Å². The van der Waals surface area contributed by atoms with E-state index in [1.807, 2.05) is 38.1 Å². The summed E-state index contributed by atoms with van der Waals surface area (Å²) in [6.07, 6.45) is 0.687. The monoisotopic (exact) mass is 393 g/mol. The maximum absolute atomic E-state index is 13.8. The normalized spacial score (nSPS) is 14.3. The minimum atomic E-state index is -3.60. The summed E-state index contributed by atoms with van der Waals surface area (Å²) in [6.45, 7) is 2.21. The van der Waals surface area contributed by atoms with Crippen LogP contribution < -0.4 is 19.7 Å². The average Bonchev–Trinajstić information content (AvgIpc) is 2.70. The van der Waals surface area contributed by atoms with Crippen molar-refractivity contribution in [2.45, 2.75) is 19.2 Å². The lowest BCUT2D eigenvalue weighted by Crippen LogP contribution is -2.16. The molecule has 0 aliphatic heterocycles. The van der Waals surface area contributed by atoms with Gasteiger partial charge >= 0.3 is 0 Å². The Kier molecular flexibility index (Phi) is 7.31. The highest BCUT2D eigenvalue weighted by Crippen LogP contribution is 2.59. The van der Waals surface area contributed by atoms with E-state index >= 15 is 0 Å². The van der Waals surface area contributed by atoms with Crippen LogP contribution in [0.3, 0.4) is 0 Å². The average molecular weight is 393 g/mol. The molecule has 2 aromatic carbocycles. The zero-order valence-corrected chi connectivity index (χ0v) is 17.4. The Morgan fingerprint density at radius 1 is 1.07 bits per heavy atom. The summed E-state index contributed by atoms with van der Waals surface area (Å²) >= 11 is 0. The van der Waals surface area contributed by atoms with Crippen LogP contribution in [-0.4, -0.2) is 40.0 Å². The molecule has 0 fully saturated rings. The van der Waals surface area contributed by atoms with Gasteiger partial charge in [0.2, 0.25) is 0 Å². The molecule has 0 heterocycles. The number of hydrogen-bond acceptors (Lipinski definition) is 6. The number of aliphatic hydroxyl groups excluding tert-OH is 1. The predicted octanol–water partition coefficient (Wildman–Crippen LogP) is 3.79. The van der Waals surface area contributed by atoms with E-state index in [-0.39, 0.29) is 6.61 Å². The molecule has 6 nitrogen and oxygen atoms in total. The van der Waals surface area contributed by atoms with E-state index in [0.717, 1.165) is 5.69 Å². The Bertz CT molecular complexity index is 791. The van der Waals surface area contributed by atoms with Gasteiger partial charge in [-0.15, -0.1) is 0 Å². The van der Waals surface area contributed by atoms with Gasteiger partial charge in [-0.25, -0.2) is 0 Å². The number of aliphatic hydroxyl groups is 1. The van der Waals surface area contributed by atoms with Gasteiger partial charge in [-0.2, -0.15) is 0 Å². The van der Waals surface area contributed by atoms with Crippen LogP contribution in [0.1, 0.15) is 24.8 Å². The highest BCUT2D eigenvalue weighted by atomic mass is 31.2. The topological polar surface area (TPSA) is 68.2 Å². The van der Waals surface area contributed by atoms with Gasteiger partial charge in [-0.05, 0) is 42.8 Å². The fourth-order valence-electron chi connectivity index (χ4n) is 2.69. The SMILES string of the molecule is CCCO[P@](=O)(c1ccc(N(C)C)cc1)[C@@H](O)c1ccc(OC)cc1OC. The minimum absolute atomic E-state index is 0.280.